The number of aliphatic carboxylic acids is 1. The van der Waals surface area contributed by atoms with Crippen LogP contribution in [0, 0.1) is 0 Å². The van der Waals surface area contributed by atoms with E-state index < -0.39 is 5.97 Å². The molecule has 2 rings (SSSR count). The van der Waals surface area contributed by atoms with Gasteiger partial charge in [-0.3, -0.25) is 9.59 Å². The van der Waals surface area contributed by atoms with Gasteiger partial charge in [0, 0.05) is 11.2 Å². The predicted molar refractivity (Wildman–Crippen MR) is 75.7 cm³/mol. The van der Waals surface area contributed by atoms with Crippen LogP contribution in [0.1, 0.15) is 23.0 Å². The highest BCUT2D eigenvalue weighted by Crippen LogP contribution is 2.26. The Balaban J connectivity index is 2.27. The summed E-state index contributed by atoms with van der Waals surface area (Å²) >= 11 is 1.40. The fraction of sp³-hybridized carbons (Fsp3) is 0.286. The van der Waals surface area contributed by atoms with Crippen molar-refractivity contribution in [3.8, 4) is 0 Å². The van der Waals surface area contributed by atoms with Crippen LogP contribution in [0.15, 0.2) is 30.3 Å². The molecule has 1 aromatic carbocycles. The van der Waals surface area contributed by atoms with Crippen molar-refractivity contribution in [2.45, 2.75) is 13.3 Å². The second kappa shape index (κ2) is 5.84. The Morgan fingerprint density at radius 3 is 2.68 bits per heavy atom. The van der Waals surface area contributed by atoms with Gasteiger partial charge in [0.15, 0.2) is 0 Å². The molecule has 4 nitrogen and oxygen atoms in total. The highest BCUT2D eigenvalue weighted by molar-refractivity contribution is 7.20. The Bertz CT molecular complexity index is 573. The third-order valence-electron chi connectivity index (χ3n) is 2.74. The average molecular weight is 277 g/mol. The van der Waals surface area contributed by atoms with Crippen LogP contribution in [-0.2, 0) is 4.79 Å². The second-order valence-electron chi connectivity index (χ2n) is 4.27. The van der Waals surface area contributed by atoms with Crippen LogP contribution in [0.5, 0.6) is 0 Å². The van der Waals surface area contributed by atoms with E-state index in [9.17, 15) is 9.59 Å². The molecule has 5 heteroatoms. The number of nitrogens with zero attached hydrogens (tertiary/aromatic N) is 1. The fourth-order valence-corrected chi connectivity index (χ4v) is 2.96. The number of hydrogen-bond acceptors (Lipinski definition) is 3. The van der Waals surface area contributed by atoms with E-state index in [1.165, 1.54) is 16.2 Å². The molecule has 1 heterocycles. The predicted octanol–water partition coefficient (Wildman–Crippen LogP) is 2.84. The molecule has 1 amide bonds. The van der Waals surface area contributed by atoms with Crippen LogP contribution in [0.25, 0.3) is 10.1 Å². The van der Waals surface area contributed by atoms with Crippen LogP contribution in [0.4, 0.5) is 0 Å². The standard InChI is InChI=1S/C14H15NO3S/c1-2-7-15(9-13(16)17)14(18)12-8-10-5-3-4-6-11(10)19-12/h3-6,8H,2,7,9H2,1H3,(H,16,17). The molecular weight excluding hydrogens is 262 g/mol. The van der Waals surface area contributed by atoms with E-state index in [0.717, 1.165) is 16.5 Å². The number of thiophene rings is 1. The van der Waals surface area contributed by atoms with Gasteiger partial charge in [0.1, 0.15) is 6.54 Å². The highest BCUT2D eigenvalue weighted by Gasteiger charge is 2.19. The van der Waals surface area contributed by atoms with Crippen LogP contribution < -0.4 is 0 Å². The van der Waals surface area contributed by atoms with Gasteiger partial charge >= 0.3 is 5.97 Å². The summed E-state index contributed by atoms with van der Waals surface area (Å²) < 4.78 is 1.04. The van der Waals surface area contributed by atoms with Crippen LogP contribution in [0.2, 0.25) is 0 Å². The van der Waals surface area contributed by atoms with Crippen LogP contribution >= 0.6 is 11.3 Å². The van der Waals surface area contributed by atoms with Crippen molar-refractivity contribution in [1.82, 2.24) is 4.90 Å². The normalized spacial score (nSPS) is 10.6. The van der Waals surface area contributed by atoms with E-state index >= 15 is 0 Å². The summed E-state index contributed by atoms with van der Waals surface area (Å²) in [5, 5.41) is 9.87. The van der Waals surface area contributed by atoms with Gasteiger partial charge in [0.05, 0.1) is 4.88 Å². The van der Waals surface area contributed by atoms with Crippen molar-refractivity contribution < 1.29 is 14.7 Å². The largest absolute Gasteiger partial charge is 0.480 e. The van der Waals surface area contributed by atoms with Gasteiger partial charge in [-0.2, -0.15) is 0 Å². The van der Waals surface area contributed by atoms with E-state index in [1.807, 2.05) is 37.3 Å². The molecule has 0 aliphatic carbocycles. The maximum Gasteiger partial charge on any atom is 0.323 e. The van der Waals surface area contributed by atoms with E-state index in [0.29, 0.717) is 11.4 Å². The number of amides is 1. The topological polar surface area (TPSA) is 57.6 Å². The molecule has 1 N–H and O–H groups in total. The monoisotopic (exact) mass is 277 g/mol. The molecule has 0 atom stereocenters. The smallest absolute Gasteiger partial charge is 0.323 e. The molecule has 2 aromatic rings. The lowest BCUT2D eigenvalue weighted by Crippen LogP contribution is -2.35. The lowest BCUT2D eigenvalue weighted by molar-refractivity contribution is -0.137. The number of hydrogen-bond donors (Lipinski definition) is 1. The minimum absolute atomic E-state index is 0.203. The van der Waals surface area contributed by atoms with Crippen molar-refractivity contribution in [1.29, 1.82) is 0 Å². The molecule has 0 spiro atoms. The molecule has 0 bridgehead atoms. The van der Waals surface area contributed by atoms with Crippen LogP contribution in [-0.4, -0.2) is 35.0 Å². The molecule has 0 aliphatic heterocycles. The zero-order chi connectivity index (χ0) is 13.8. The third kappa shape index (κ3) is 3.12. The molecule has 100 valence electrons. The first-order valence-corrected chi connectivity index (χ1v) is 6.93. The number of fused-ring (bicyclic) bond motifs is 1. The SMILES string of the molecule is CCCN(CC(=O)O)C(=O)c1cc2ccccc2s1. The van der Waals surface area contributed by atoms with Gasteiger partial charge in [-0.1, -0.05) is 25.1 Å². The summed E-state index contributed by atoms with van der Waals surface area (Å²) in [6.07, 6.45) is 0.740. The van der Waals surface area contributed by atoms with Gasteiger partial charge in [-0.05, 0) is 23.9 Å². The van der Waals surface area contributed by atoms with E-state index in [1.54, 1.807) is 0 Å². The lowest BCUT2D eigenvalue weighted by atomic mass is 10.2. The van der Waals surface area contributed by atoms with Gasteiger partial charge in [-0.25, -0.2) is 0 Å². The number of carboxylic acids is 1. The van der Waals surface area contributed by atoms with E-state index in [4.69, 9.17) is 5.11 Å². The molecular formula is C14H15NO3S. The molecule has 0 saturated heterocycles. The Kier molecular flexibility index (Phi) is 4.16. The second-order valence-corrected chi connectivity index (χ2v) is 5.35. The number of carbonyl (C=O) groups excluding carboxylic acids is 1. The fourth-order valence-electron chi connectivity index (χ4n) is 1.93. The Morgan fingerprint density at radius 2 is 2.05 bits per heavy atom. The van der Waals surface area contributed by atoms with Gasteiger partial charge < -0.3 is 10.0 Å². The van der Waals surface area contributed by atoms with Gasteiger partial charge in [-0.15, -0.1) is 11.3 Å². The molecule has 0 unspecified atom stereocenters. The maximum atomic E-state index is 12.3. The Labute approximate surface area is 115 Å². The highest BCUT2D eigenvalue weighted by atomic mass is 32.1. The number of carbonyl (C=O) groups is 2. The zero-order valence-corrected chi connectivity index (χ0v) is 11.4. The van der Waals surface area contributed by atoms with Crippen molar-refractivity contribution in [2.75, 3.05) is 13.1 Å². The molecule has 0 radical (unpaired) electrons. The van der Waals surface area contributed by atoms with E-state index in [-0.39, 0.29) is 12.5 Å². The molecule has 0 saturated carbocycles. The number of benzene rings is 1. The van der Waals surface area contributed by atoms with Crippen molar-refractivity contribution in [3.05, 3.63) is 35.2 Å². The van der Waals surface area contributed by atoms with Crippen molar-refractivity contribution in [3.63, 3.8) is 0 Å². The molecule has 1 aromatic heterocycles. The molecule has 19 heavy (non-hydrogen) atoms. The lowest BCUT2D eigenvalue weighted by Gasteiger charge is -2.18. The maximum absolute atomic E-state index is 12.3. The summed E-state index contributed by atoms with van der Waals surface area (Å²) in [5.41, 5.74) is 0. The average Bonchev–Trinajstić information content (AvgIpc) is 2.80. The third-order valence-corrected chi connectivity index (χ3v) is 3.85. The Hall–Kier alpha value is -1.88. The summed E-state index contributed by atoms with van der Waals surface area (Å²) in [7, 11) is 0. The zero-order valence-electron chi connectivity index (χ0n) is 10.6. The van der Waals surface area contributed by atoms with Crippen molar-refractivity contribution in [2.24, 2.45) is 0 Å². The summed E-state index contributed by atoms with van der Waals surface area (Å²) in [5.74, 6) is -1.19. The first-order chi connectivity index (χ1) is 9.11. The summed E-state index contributed by atoms with van der Waals surface area (Å²) in [6.45, 7) is 2.13. The first-order valence-electron chi connectivity index (χ1n) is 6.11. The quantitative estimate of drug-likeness (QED) is 0.914. The van der Waals surface area contributed by atoms with Crippen molar-refractivity contribution >= 4 is 33.3 Å². The first kappa shape index (κ1) is 13.5. The number of carboxylic acid groups (broad SMARTS) is 1. The minimum Gasteiger partial charge on any atom is -0.480 e. The summed E-state index contributed by atoms with van der Waals surface area (Å²) in [6, 6.07) is 9.58. The Morgan fingerprint density at radius 1 is 1.32 bits per heavy atom. The molecule has 0 aliphatic rings. The minimum atomic E-state index is -0.983. The van der Waals surface area contributed by atoms with E-state index in [2.05, 4.69) is 0 Å². The van der Waals surface area contributed by atoms with Crippen LogP contribution in [0.3, 0.4) is 0 Å². The van der Waals surface area contributed by atoms with Gasteiger partial charge in [0.25, 0.3) is 5.91 Å². The summed E-state index contributed by atoms with van der Waals surface area (Å²) in [4.78, 5) is 25.1. The molecule has 0 fully saturated rings. The van der Waals surface area contributed by atoms with Gasteiger partial charge in [0.2, 0.25) is 0 Å². The number of rotatable bonds is 5.